The summed E-state index contributed by atoms with van der Waals surface area (Å²) in [7, 11) is 0. The summed E-state index contributed by atoms with van der Waals surface area (Å²) in [6, 6.07) is 13.2. The van der Waals surface area contributed by atoms with Gasteiger partial charge in [0.1, 0.15) is 17.5 Å². The van der Waals surface area contributed by atoms with Gasteiger partial charge in [0.2, 0.25) is 0 Å². The van der Waals surface area contributed by atoms with Gasteiger partial charge in [-0.25, -0.2) is 4.39 Å². The molecule has 5 nitrogen and oxygen atoms in total. The van der Waals surface area contributed by atoms with E-state index in [1.165, 1.54) is 12.1 Å². The Kier molecular flexibility index (Phi) is 6.79. The smallest absolute Gasteiger partial charge is 0.261 e. The summed E-state index contributed by atoms with van der Waals surface area (Å²) in [6.45, 7) is 9.53. The minimum Gasteiger partial charge on any atom is -0.362 e. The Hall–Kier alpha value is -3.85. The zero-order valence-electron chi connectivity index (χ0n) is 20.7. The summed E-state index contributed by atoms with van der Waals surface area (Å²) in [5, 5.41) is 13.5. The number of para-hydroxylation sites is 1. The Morgan fingerprint density at radius 3 is 2.80 bits per heavy atom. The molecule has 1 aliphatic heterocycles. The number of rotatable bonds is 7. The molecule has 0 aliphatic carbocycles. The topological polar surface area (TPSA) is 71.9 Å². The van der Waals surface area contributed by atoms with Crippen LogP contribution in [0.1, 0.15) is 50.8 Å². The third-order valence-corrected chi connectivity index (χ3v) is 6.56. The van der Waals surface area contributed by atoms with Gasteiger partial charge in [-0.2, -0.15) is 5.26 Å². The van der Waals surface area contributed by atoms with Crippen LogP contribution in [0.25, 0.3) is 22.6 Å². The molecule has 0 saturated carbocycles. The number of aromatic nitrogens is 1. The monoisotopic (exact) mass is 470 g/mol. The van der Waals surface area contributed by atoms with Gasteiger partial charge in [0, 0.05) is 47.0 Å². The number of halogens is 1. The second-order valence-corrected chi connectivity index (χ2v) is 9.56. The summed E-state index contributed by atoms with van der Waals surface area (Å²) in [5.74, 6) is -0.958. The molecule has 0 radical (unpaired) electrons. The molecule has 6 heteroatoms. The summed E-state index contributed by atoms with van der Waals surface area (Å²) >= 11 is 0. The number of nitriles is 1. The van der Waals surface area contributed by atoms with E-state index < -0.39 is 11.7 Å². The molecule has 1 aliphatic rings. The number of hydrogen-bond donors (Lipinski definition) is 2. The van der Waals surface area contributed by atoms with E-state index in [9.17, 15) is 10.1 Å². The van der Waals surface area contributed by atoms with E-state index in [4.69, 9.17) is 0 Å². The molecule has 2 N–H and O–H groups in total. The van der Waals surface area contributed by atoms with E-state index in [-0.39, 0.29) is 16.7 Å². The SMILES string of the molecule is CCCN1c2cc(F)c(/C=C(\C#N)C(=O)NCCc3c[nH]c4ccccc34)cc2C(C)=CC1(C)C. The van der Waals surface area contributed by atoms with Crippen LogP contribution in [-0.4, -0.2) is 29.5 Å². The fourth-order valence-corrected chi connectivity index (χ4v) is 4.91. The maximum absolute atomic E-state index is 15.2. The van der Waals surface area contributed by atoms with Crippen LogP contribution in [0.2, 0.25) is 0 Å². The first-order valence-corrected chi connectivity index (χ1v) is 12.0. The predicted octanol–water partition coefficient (Wildman–Crippen LogP) is 5.98. The lowest BCUT2D eigenvalue weighted by Crippen LogP contribution is -2.45. The Balaban J connectivity index is 1.54. The lowest BCUT2D eigenvalue weighted by molar-refractivity contribution is -0.117. The molecule has 1 aromatic heterocycles. The highest BCUT2D eigenvalue weighted by molar-refractivity contribution is 6.02. The summed E-state index contributed by atoms with van der Waals surface area (Å²) in [5.41, 5.74) is 4.83. The van der Waals surface area contributed by atoms with Crippen molar-refractivity contribution >= 4 is 34.1 Å². The van der Waals surface area contributed by atoms with E-state index in [0.717, 1.165) is 46.3 Å². The van der Waals surface area contributed by atoms with E-state index in [2.05, 4.69) is 42.0 Å². The average molecular weight is 471 g/mol. The molecule has 0 spiro atoms. The van der Waals surface area contributed by atoms with Crippen LogP contribution in [0.15, 0.2) is 54.2 Å². The van der Waals surface area contributed by atoms with E-state index >= 15 is 4.39 Å². The molecule has 3 aromatic rings. The first kappa shape index (κ1) is 24.3. The molecule has 35 heavy (non-hydrogen) atoms. The number of hydrogen-bond acceptors (Lipinski definition) is 3. The number of aromatic amines is 1. The quantitative estimate of drug-likeness (QED) is 0.329. The number of carbonyl (C=O) groups is 1. The zero-order chi connectivity index (χ0) is 25.2. The molecular weight excluding hydrogens is 439 g/mol. The Labute approximate surface area is 205 Å². The van der Waals surface area contributed by atoms with Crippen molar-refractivity contribution in [1.29, 1.82) is 5.26 Å². The van der Waals surface area contributed by atoms with Crippen LogP contribution < -0.4 is 10.2 Å². The molecule has 4 rings (SSSR count). The van der Waals surface area contributed by atoms with Crippen molar-refractivity contribution in [2.75, 3.05) is 18.0 Å². The first-order chi connectivity index (χ1) is 16.7. The molecule has 2 heterocycles. The van der Waals surface area contributed by atoms with Gasteiger partial charge in [-0.1, -0.05) is 31.2 Å². The van der Waals surface area contributed by atoms with Crippen molar-refractivity contribution in [3.63, 3.8) is 0 Å². The van der Waals surface area contributed by atoms with Gasteiger partial charge < -0.3 is 15.2 Å². The number of allylic oxidation sites excluding steroid dienone is 1. The van der Waals surface area contributed by atoms with Crippen LogP contribution in [-0.2, 0) is 11.2 Å². The summed E-state index contributed by atoms with van der Waals surface area (Å²) in [6.07, 6.45) is 7.01. The van der Waals surface area contributed by atoms with Crippen LogP contribution in [0, 0.1) is 17.1 Å². The number of carbonyl (C=O) groups excluding carboxylic acids is 1. The van der Waals surface area contributed by atoms with Crippen molar-refractivity contribution in [2.45, 2.75) is 46.1 Å². The maximum Gasteiger partial charge on any atom is 0.261 e. The van der Waals surface area contributed by atoms with Gasteiger partial charge >= 0.3 is 0 Å². The number of nitrogens with zero attached hydrogens (tertiary/aromatic N) is 2. The van der Waals surface area contributed by atoms with Gasteiger partial charge in [-0.3, -0.25) is 4.79 Å². The minimum absolute atomic E-state index is 0.119. The van der Waals surface area contributed by atoms with Gasteiger partial charge in [0.15, 0.2) is 0 Å². The molecule has 0 fully saturated rings. The van der Waals surface area contributed by atoms with Crippen molar-refractivity contribution in [2.24, 2.45) is 0 Å². The second kappa shape index (κ2) is 9.79. The van der Waals surface area contributed by atoms with Gasteiger partial charge in [-0.15, -0.1) is 0 Å². The zero-order valence-corrected chi connectivity index (χ0v) is 20.7. The fourth-order valence-electron chi connectivity index (χ4n) is 4.91. The Morgan fingerprint density at radius 1 is 1.29 bits per heavy atom. The highest BCUT2D eigenvalue weighted by Crippen LogP contribution is 2.40. The predicted molar refractivity (Wildman–Crippen MR) is 140 cm³/mol. The molecule has 0 saturated heterocycles. The summed E-state index contributed by atoms with van der Waals surface area (Å²) < 4.78 is 15.2. The molecule has 0 bridgehead atoms. The number of benzene rings is 2. The number of nitrogens with one attached hydrogen (secondary N) is 2. The standard InChI is InChI=1S/C29H31FN4O/c1-5-12-34-27-15-25(30)21(14-24(27)19(2)16-29(34,3)4)13-22(17-31)28(35)32-11-10-20-18-33-26-9-7-6-8-23(20)26/h6-9,13-16,18,33H,5,10-12H2,1-4H3,(H,32,35)/b22-13+. The third-order valence-electron chi connectivity index (χ3n) is 6.56. The Morgan fingerprint density at radius 2 is 2.06 bits per heavy atom. The molecule has 180 valence electrons. The molecule has 2 aromatic carbocycles. The maximum atomic E-state index is 15.2. The van der Waals surface area contributed by atoms with Crippen LogP contribution in [0.3, 0.4) is 0 Å². The van der Waals surface area contributed by atoms with Crippen LogP contribution in [0.4, 0.5) is 10.1 Å². The average Bonchev–Trinajstić information content (AvgIpc) is 3.23. The molecule has 0 unspecified atom stereocenters. The van der Waals surface area contributed by atoms with Crippen molar-refractivity contribution in [3.05, 3.63) is 76.8 Å². The highest BCUT2D eigenvalue weighted by Gasteiger charge is 2.31. The lowest BCUT2D eigenvalue weighted by atomic mass is 9.87. The third kappa shape index (κ3) is 4.85. The normalized spacial score (nSPS) is 14.9. The second-order valence-electron chi connectivity index (χ2n) is 9.56. The number of H-pyrrole nitrogens is 1. The molecular formula is C29H31FN4O. The van der Waals surface area contributed by atoms with E-state index in [1.54, 1.807) is 6.07 Å². The molecule has 0 atom stereocenters. The van der Waals surface area contributed by atoms with Crippen molar-refractivity contribution in [1.82, 2.24) is 10.3 Å². The van der Waals surface area contributed by atoms with Crippen LogP contribution in [0.5, 0.6) is 0 Å². The largest absolute Gasteiger partial charge is 0.362 e. The number of fused-ring (bicyclic) bond motifs is 2. The van der Waals surface area contributed by atoms with Gasteiger partial charge in [-0.05, 0) is 69.0 Å². The minimum atomic E-state index is -0.509. The van der Waals surface area contributed by atoms with Gasteiger partial charge in [0.05, 0.1) is 5.54 Å². The fraction of sp³-hybridized carbons (Fsp3) is 0.310. The summed E-state index contributed by atoms with van der Waals surface area (Å²) in [4.78, 5) is 18.1. The number of amides is 1. The first-order valence-electron chi connectivity index (χ1n) is 12.0. The number of anilines is 1. The molecule has 1 amide bonds. The van der Waals surface area contributed by atoms with Gasteiger partial charge in [0.25, 0.3) is 5.91 Å². The lowest BCUT2D eigenvalue weighted by Gasteiger charge is -2.43. The Bertz CT molecular complexity index is 1370. The van der Waals surface area contributed by atoms with Crippen LogP contribution >= 0.6 is 0 Å². The van der Waals surface area contributed by atoms with E-state index in [1.807, 2.05) is 43.5 Å². The van der Waals surface area contributed by atoms with Crippen molar-refractivity contribution < 1.29 is 9.18 Å². The highest BCUT2D eigenvalue weighted by atomic mass is 19.1. The van der Waals surface area contributed by atoms with Crippen molar-refractivity contribution in [3.8, 4) is 6.07 Å². The van der Waals surface area contributed by atoms with E-state index in [0.29, 0.717) is 13.0 Å².